The summed E-state index contributed by atoms with van der Waals surface area (Å²) in [6.45, 7) is 4.07. The number of hydrogen-bond donors (Lipinski definition) is 1. The Morgan fingerprint density at radius 1 is 1.12 bits per heavy atom. The van der Waals surface area contributed by atoms with E-state index in [9.17, 15) is 4.79 Å². The Hall–Kier alpha value is -2.02. The van der Waals surface area contributed by atoms with Crippen LogP contribution in [-0.4, -0.2) is 25.5 Å². The standard InChI is InChI=1S/C17H16Cl3N5O/c1-9-15(21-17(26)16-14(20)8-24(3)23-16)10(2)25(22-9)7-11-12(18)5-4-6-13(11)19/h4-6,8H,7H2,1-3H3,(H,21,26). The van der Waals surface area contributed by atoms with E-state index in [2.05, 4.69) is 15.5 Å². The highest BCUT2D eigenvalue weighted by Gasteiger charge is 2.20. The Morgan fingerprint density at radius 2 is 1.77 bits per heavy atom. The van der Waals surface area contributed by atoms with Gasteiger partial charge in [0.05, 0.1) is 28.6 Å². The van der Waals surface area contributed by atoms with Crippen molar-refractivity contribution in [3.05, 3.63) is 62.1 Å². The SMILES string of the molecule is Cc1nn(Cc2c(Cl)cccc2Cl)c(C)c1NC(=O)c1nn(C)cc1Cl. The summed E-state index contributed by atoms with van der Waals surface area (Å²) in [6, 6.07) is 5.35. The maximum absolute atomic E-state index is 12.5. The minimum Gasteiger partial charge on any atom is -0.317 e. The van der Waals surface area contributed by atoms with Gasteiger partial charge in [0.15, 0.2) is 5.69 Å². The molecule has 0 radical (unpaired) electrons. The van der Waals surface area contributed by atoms with Gasteiger partial charge in [-0.3, -0.25) is 14.2 Å². The molecule has 6 nitrogen and oxygen atoms in total. The van der Waals surface area contributed by atoms with Gasteiger partial charge in [-0.15, -0.1) is 0 Å². The molecule has 2 aromatic heterocycles. The molecule has 9 heteroatoms. The fourth-order valence-corrected chi connectivity index (χ4v) is 3.43. The Kier molecular flexibility index (Phi) is 5.27. The monoisotopic (exact) mass is 411 g/mol. The molecule has 136 valence electrons. The first-order chi connectivity index (χ1) is 12.3. The molecule has 0 atom stereocenters. The molecule has 0 unspecified atom stereocenters. The molecule has 0 saturated carbocycles. The number of rotatable bonds is 4. The van der Waals surface area contributed by atoms with E-state index in [0.717, 1.165) is 11.3 Å². The lowest BCUT2D eigenvalue weighted by Gasteiger charge is -2.09. The van der Waals surface area contributed by atoms with E-state index in [-0.39, 0.29) is 10.7 Å². The van der Waals surface area contributed by atoms with Crippen molar-refractivity contribution in [1.82, 2.24) is 19.6 Å². The van der Waals surface area contributed by atoms with Crippen molar-refractivity contribution in [3.63, 3.8) is 0 Å². The minimum atomic E-state index is -0.392. The van der Waals surface area contributed by atoms with E-state index >= 15 is 0 Å². The predicted molar refractivity (Wildman–Crippen MR) is 103 cm³/mol. The average Bonchev–Trinajstić information content (AvgIpc) is 3.04. The van der Waals surface area contributed by atoms with Crippen molar-refractivity contribution in [1.29, 1.82) is 0 Å². The molecule has 0 aliphatic heterocycles. The number of anilines is 1. The molecule has 0 saturated heterocycles. The first kappa shape index (κ1) is 18.8. The number of aromatic nitrogens is 4. The Bertz CT molecular complexity index is 972. The third-order valence-electron chi connectivity index (χ3n) is 3.99. The van der Waals surface area contributed by atoms with E-state index in [0.29, 0.717) is 28.0 Å². The Morgan fingerprint density at radius 3 is 2.35 bits per heavy atom. The maximum Gasteiger partial charge on any atom is 0.277 e. The second kappa shape index (κ2) is 7.31. The number of amides is 1. The van der Waals surface area contributed by atoms with Gasteiger partial charge in [0, 0.05) is 28.9 Å². The van der Waals surface area contributed by atoms with E-state index in [1.54, 1.807) is 36.1 Å². The zero-order chi connectivity index (χ0) is 19.0. The number of hydrogen-bond acceptors (Lipinski definition) is 3. The zero-order valence-electron chi connectivity index (χ0n) is 14.3. The maximum atomic E-state index is 12.5. The number of aryl methyl sites for hydroxylation is 2. The van der Waals surface area contributed by atoms with Crippen molar-refractivity contribution in [2.75, 3.05) is 5.32 Å². The number of nitrogens with zero attached hydrogens (tertiary/aromatic N) is 4. The predicted octanol–water partition coefficient (Wildman–Crippen LogP) is 4.49. The van der Waals surface area contributed by atoms with E-state index in [4.69, 9.17) is 34.8 Å². The summed E-state index contributed by atoms with van der Waals surface area (Å²) in [6.07, 6.45) is 1.57. The second-order valence-corrected chi connectivity index (χ2v) is 7.08. The first-order valence-electron chi connectivity index (χ1n) is 7.75. The molecule has 0 spiro atoms. The first-order valence-corrected chi connectivity index (χ1v) is 8.88. The third-order valence-corrected chi connectivity index (χ3v) is 4.97. The van der Waals surface area contributed by atoms with Crippen LogP contribution >= 0.6 is 34.8 Å². The van der Waals surface area contributed by atoms with E-state index in [1.165, 1.54) is 4.68 Å². The smallest absolute Gasteiger partial charge is 0.277 e. The molecule has 3 aromatic rings. The van der Waals surface area contributed by atoms with Crippen molar-refractivity contribution in [3.8, 4) is 0 Å². The minimum absolute atomic E-state index is 0.162. The average molecular weight is 413 g/mol. The molecule has 0 aliphatic rings. The lowest BCUT2D eigenvalue weighted by atomic mass is 10.2. The van der Waals surface area contributed by atoms with E-state index < -0.39 is 5.91 Å². The van der Waals surface area contributed by atoms with Gasteiger partial charge in [-0.2, -0.15) is 10.2 Å². The summed E-state index contributed by atoms with van der Waals surface area (Å²) in [5, 5.41) is 12.8. The van der Waals surface area contributed by atoms with Crippen molar-refractivity contribution in [2.24, 2.45) is 7.05 Å². The number of nitrogens with one attached hydrogen (secondary N) is 1. The molecule has 0 fully saturated rings. The normalized spacial score (nSPS) is 11.0. The molecule has 2 heterocycles. The lowest BCUT2D eigenvalue weighted by molar-refractivity contribution is 0.102. The number of halogens is 3. The summed E-state index contributed by atoms with van der Waals surface area (Å²) < 4.78 is 3.23. The summed E-state index contributed by atoms with van der Waals surface area (Å²) in [5.74, 6) is -0.392. The van der Waals surface area contributed by atoms with Gasteiger partial charge < -0.3 is 5.32 Å². The molecule has 26 heavy (non-hydrogen) atoms. The van der Waals surface area contributed by atoms with Crippen molar-refractivity contribution >= 4 is 46.4 Å². The number of benzene rings is 1. The lowest BCUT2D eigenvalue weighted by Crippen LogP contribution is -2.15. The molecule has 1 aromatic carbocycles. The van der Waals surface area contributed by atoms with Gasteiger partial charge in [0.1, 0.15) is 0 Å². The van der Waals surface area contributed by atoms with Crippen LogP contribution in [-0.2, 0) is 13.6 Å². The van der Waals surface area contributed by atoms with Gasteiger partial charge in [0.2, 0.25) is 0 Å². The molecule has 1 amide bonds. The van der Waals surface area contributed by atoms with Gasteiger partial charge in [-0.05, 0) is 26.0 Å². The highest BCUT2D eigenvalue weighted by molar-refractivity contribution is 6.36. The summed E-state index contributed by atoms with van der Waals surface area (Å²) in [4.78, 5) is 12.5. The van der Waals surface area contributed by atoms with Crippen molar-refractivity contribution in [2.45, 2.75) is 20.4 Å². The van der Waals surface area contributed by atoms with Gasteiger partial charge in [-0.1, -0.05) is 40.9 Å². The van der Waals surface area contributed by atoms with Gasteiger partial charge >= 0.3 is 0 Å². The molecule has 1 N–H and O–H groups in total. The molecule has 0 aliphatic carbocycles. The van der Waals surface area contributed by atoms with Crippen LogP contribution in [0.25, 0.3) is 0 Å². The van der Waals surface area contributed by atoms with Gasteiger partial charge in [-0.25, -0.2) is 0 Å². The van der Waals surface area contributed by atoms with Crippen LogP contribution in [0.3, 0.4) is 0 Å². The molecular formula is C17H16Cl3N5O. The van der Waals surface area contributed by atoms with Crippen molar-refractivity contribution < 1.29 is 4.79 Å². The third kappa shape index (κ3) is 3.58. The number of carbonyl (C=O) groups excluding carboxylic acids is 1. The van der Waals surface area contributed by atoms with Crippen LogP contribution in [0.4, 0.5) is 5.69 Å². The van der Waals surface area contributed by atoms with Crippen LogP contribution in [0.2, 0.25) is 15.1 Å². The quantitative estimate of drug-likeness (QED) is 0.686. The number of carbonyl (C=O) groups is 1. The fraction of sp³-hybridized carbons (Fsp3) is 0.235. The Labute approximate surface area is 165 Å². The zero-order valence-corrected chi connectivity index (χ0v) is 16.6. The summed E-state index contributed by atoms with van der Waals surface area (Å²) in [5.41, 5.74) is 2.99. The molecule has 0 bridgehead atoms. The molecule has 3 rings (SSSR count). The largest absolute Gasteiger partial charge is 0.317 e. The van der Waals surface area contributed by atoms with Crippen LogP contribution < -0.4 is 5.32 Å². The Balaban J connectivity index is 1.89. The highest BCUT2D eigenvalue weighted by atomic mass is 35.5. The summed E-state index contributed by atoms with van der Waals surface area (Å²) >= 11 is 18.5. The van der Waals surface area contributed by atoms with Crippen LogP contribution in [0.15, 0.2) is 24.4 Å². The fourth-order valence-electron chi connectivity index (χ4n) is 2.65. The van der Waals surface area contributed by atoms with Gasteiger partial charge in [0.25, 0.3) is 5.91 Å². The highest BCUT2D eigenvalue weighted by Crippen LogP contribution is 2.28. The summed E-state index contributed by atoms with van der Waals surface area (Å²) in [7, 11) is 1.70. The topological polar surface area (TPSA) is 64.7 Å². The van der Waals surface area contributed by atoms with Crippen LogP contribution in [0.5, 0.6) is 0 Å². The second-order valence-electron chi connectivity index (χ2n) is 5.86. The van der Waals surface area contributed by atoms with Crippen LogP contribution in [0.1, 0.15) is 27.4 Å². The van der Waals surface area contributed by atoms with Crippen LogP contribution in [0, 0.1) is 13.8 Å². The molecular weight excluding hydrogens is 397 g/mol. The van der Waals surface area contributed by atoms with E-state index in [1.807, 2.05) is 13.8 Å².